The van der Waals surface area contributed by atoms with Gasteiger partial charge in [0.05, 0.1) is 12.1 Å². The van der Waals surface area contributed by atoms with E-state index >= 15 is 0 Å². The van der Waals surface area contributed by atoms with Crippen molar-refractivity contribution in [3.63, 3.8) is 0 Å². The Morgan fingerprint density at radius 3 is 3.06 bits per heavy atom. The Kier molecular flexibility index (Phi) is 3.49. The highest BCUT2D eigenvalue weighted by Gasteiger charge is 2.03. The van der Waals surface area contributed by atoms with Crippen molar-refractivity contribution in [1.29, 1.82) is 0 Å². The van der Waals surface area contributed by atoms with Gasteiger partial charge in [-0.15, -0.1) is 0 Å². The maximum Gasteiger partial charge on any atom is 0.325 e. The SMILES string of the molecule is CCOC(=O)CNc1ncc2ccccc2n1. The Balaban J connectivity index is 2.06. The molecule has 0 amide bonds. The van der Waals surface area contributed by atoms with Crippen molar-refractivity contribution in [2.75, 3.05) is 18.5 Å². The number of benzene rings is 1. The van der Waals surface area contributed by atoms with Crippen LogP contribution in [0.25, 0.3) is 10.9 Å². The molecule has 0 aliphatic rings. The fourth-order valence-corrected chi connectivity index (χ4v) is 1.42. The molecule has 88 valence electrons. The topological polar surface area (TPSA) is 64.1 Å². The molecular weight excluding hydrogens is 218 g/mol. The summed E-state index contributed by atoms with van der Waals surface area (Å²) in [5, 5.41) is 3.79. The first kappa shape index (κ1) is 11.3. The van der Waals surface area contributed by atoms with Crippen LogP contribution in [0.3, 0.4) is 0 Å². The number of hydrogen-bond acceptors (Lipinski definition) is 5. The first-order valence-electron chi connectivity index (χ1n) is 5.41. The summed E-state index contributed by atoms with van der Waals surface area (Å²) >= 11 is 0. The number of nitrogens with zero attached hydrogens (tertiary/aromatic N) is 2. The zero-order valence-corrected chi connectivity index (χ0v) is 9.51. The summed E-state index contributed by atoms with van der Waals surface area (Å²) in [6, 6.07) is 7.67. The number of para-hydroxylation sites is 1. The van der Waals surface area contributed by atoms with Crippen molar-refractivity contribution in [3.05, 3.63) is 30.5 Å². The average molecular weight is 231 g/mol. The highest BCUT2D eigenvalue weighted by atomic mass is 16.5. The quantitative estimate of drug-likeness (QED) is 0.810. The Morgan fingerprint density at radius 2 is 2.24 bits per heavy atom. The average Bonchev–Trinajstić information content (AvgIpc) is 2.36. The second kappa shape index (κ2) is 5.25. The molecule has 0 saturated carbocycles. The maximum atomic E-state index is 11.1. The lowest BCUT2D eigenvalue weighted by Crippen LogP contribution is -2.17. The summed E-state index contributed by atoms with van der Waals surface area (Å²) < 4.78 is 4.79. The third-order valence-corrected chi connectivity index (χ3v) is 2.19. The van der Waals surface area contributed by atoms with Gasteiger partial charge in [0.25, 0.3) is 0 Å². The van der Waals surface area contributed by atoms with Crippen molar-refractivity contribution in [3.8, 4) is 0 Å². The third kappa shape index (κ3) is 2.90. The van der Waals surface area contributed by atoms with E-state index in [1.807, 2.05) is 24.3 Å². The highest BCUT2D eigenvalue weighted by molar-refractivity contribution is 5.79. The number of ether oxygens (including phenoxy) is 1. The molecule has 0 bridgehead atoms. The predicted molar refractivity (Wildman–Crippen MR) is 64.7 cm³/mol. The van der Waals surface area contributed by atoms with E-state index in [0.29, 0.717) is 12.6 Å². The number of hydrogen-bond donors (Lipinski definition) is 1. The van der Waals surface area contributed by atoms with Crippen molar-refractivity contribution < 1.29 is 9.53 Å². The van der Waals surface area contributed by atoms with Gasteiger partial charge in [-0.25, -0.2) is 9.97 Å². The fourth-order valence-electron chi connectivity index (χ4n) is 1.42. The monoisotopic (exact) mass is 231 g/mol. The van der Waals surface area contributed by atoms with Crippen LogP contribution < -0.4 is 5.32 Å². The first-order valence-corrected chi connectivity index (χ1v) is 5.41. The smallest absolute Gasteiger partial charge is 0.325 e. The van der Waals surface area contributed by atoms with Crippen LogP contribution in [0.2, 0.25) is 0 Å². The van der Waals surface area contributed by atoms with Gasteiger partial charge in [-0.05, 0) is 13.0 Å². The van der Waals surface area contributed by atoms with Crippen LogP contribution in [0.15, 0.2) is 30.5 Å². The number of fused-ring (bicyclic) bond motifs is 1. The van der Waals surface area contributed by atoms with E-state index in [4.69, 9.17) is 4.74 Å². The molecule has 0 aliphatic carbocycles. The zero-order valence-electron chi connectivity index (χ0n) is 9.51. The summed E-state index contributed by atoms with van der Waals surface area (Å²) in [5.41, 5.74) is 0.842. The summed E-state index contributed by atoms with van der Waals surface area (Å²) in [6.45, 7) is 2.22. The summed E-state index contributed by atoms with van der Waals surface area (Å²) in [5.74, 6) is 0.112. The molecule has 1 heterocycles. The van der Waals surface area contributed by atoms with Gasteiger partial charge in [-0.3, -0.25) is 4.79 Å². The summed E-state index contributed by atoms with van der Waals surface area (Å²) in [6.07, 6.45) is 1.72. The molecule has 17 heavy (non-hydrogen) atoms. The number of carbonyl (C=O) groups excluding carboxylic acids is 1. The van der Waals surface area contributed by atoms with Gasteiger partial charge < -0.3 is 10.1 Å². The molecule has 1 aromatic heterocycles. The Labute approximate surface area is 98.8 Å². The van der Waals surface area contributed by atoms with Crippen LogP contribution in [0.5, 0.6) is 0 Å². The second-order valence-electron chi connectivity index (χ2n) is 3.41. The van der Waals surface area contributed by atoms with Crippen molar-refractivity contribution in [2.45, 2.75) is 6.92 Å². The van der Waals surface area contributed by atoms with Gasteiger partial charge in [-0.1, -0.05) is 18.2 Å². The molecule has 0 atom stereocenters. The number of esters is 1. The van der Waals surface area contributed by atoms with Gasteiger partial charge in [-0.2, -0.15) is 0 Å². The van der Waals surface area contributed by atoms with Crippen molar-refractivity contribution >= 4 is 22.8 Å². The molecule has 5 nitrogen and oxygen atoms in total. The predicted octanol–water partition coefficient (Wildman–Crippen LogP) is 1.60. The first-order chi connectivity index (χ1) is 8.29. The zero-order chi connectivity index (χ0) is 12.1. The van der Waals surface area contributed by atoms with Crippen LogP contribution in [-0.4, -0.2) is 29.1 Å². The van der Waals surface area contributed by atoms with Crippen LogP contribution in [0.4, 0.5) is 5.95 Å². The lowest BCUT2D eigenvalue weighted by Gasteiger charge is -2.05. The molecule has 1 N–H and O–H groups in total. The van der Waals surface area contributed by atoms with Crippen LogP contribution in [0, 0.1) is 0 Å². The lowest BCUT2D eigenvalue weighted by molar-refractivity contribution is -0.140. The lowest BCUT2D eigenvalue weighted by atomic mass is 10.2. The van der Waals surface area contributed by atoms with E-state index in [9.17, 15) is 4.79 Å². The van der Waals surface area contributed by atoms with E-state index in [2.05, 4.69) is 15.3 Å². The normalized spacial score (nSPS) is 10.2. The van der Waals surface area contributed by atoms with E-state index in [-0.39, 0.29) is 12.5 Å². The molecule has 2 aromatic rings. The minimum atomic E-state index is -0.316. The van der Waals surface area contributed by atoms with Gasteiger partial charge in [0.1, 0.15) is 6.54 Å². The molecule has 2 rings (SSSR count). The van der Waals surface area contributed by atoms with Gasteiger partial charge >= 0.3 is 5.97 Å². The van der Waals surface area contributed by atoms with E-state index < -0.39 is 0 Å². The minimum absolute atomic E-state index is 0.0756. The molecule has 0 radical (unpaired) electrons. The molecule has 0 aliphatic heterocycles. The van der Waals surface area contributed by atoms with E-state index in [1.165, 1.54) is 0 Å². The van der Waals surface area contributed by atoms with Gasteiger partial charge in [0.15, 0.2) is 0 Å². The van der Waals surface area contributed by atoms with E-state index in [0.717, 1.165) is 10.9 Å². The third-order valence-electron chi connectivity index (χ3n) is 2.19. The Morgan fingerprint density at radius 1 is 1.41 bits per heavy atom. The van der Waals surface area contributed by atoms with Crippen LogP contribution >= 0.6 is 0 Å². The number of aromatic nitrogens is 2. The second-order valence-corrected chi connectivity index (χ2v) is 3.41. The van der Waals surface area contributed by atoms with Crippen molar-refractivity contribution in [1.82, 2.24) is 9.97 Å². The molecule has 0 fully saturated rings. The highest BCUT2D eigenvalue weighted by Crippen LogP contribution is 2.11. The van der Waals surface area contributed by atoms with Crippen molar-refractivity contribution in [2.24, 2.45) is 0 Å². The number of carbonyl (C=O) groups is 1. The summed E-state index contributed by atoms with van der Waals surface area (Å²) in [7, 11) is 0. The molecule has 5 heteroatoms. The Bertz CT molecular complexity index is 528. The maximum absolute atomic E-state index is 11.1. The molecular formula is C12H13N3O2. The molecule has 0 unspecified atom stereocenters. The molecule has 0 saturated heterocycles. The van der Waals surface area contributed by atoms with Crippen LogP contribution in [0.1, 0.15) is 6.92 Å². The fraction of sp³-hybridized carbons (Fsp3) is 0.250. The standard InChI is InChI=1S/C12H13N3O2/c1-2-17-11(16)8-14-12-13-7-9-5-3-4-6-10(9)15-12/h3-7H,2,8H2,1H3,(H,13,14,15). The molecule has 0 spiro atoms. The van der Waals surface area contributed by atoms with E-state index in [1.54, 1.807) is 13.1 Å². The summed E-state index contributed by atoms with van der Waals surface area (Å²) in [4.78, 5) is 19.5. The van der Waals surface area contributed by atoms with Gasteiger partial charge in [0.2, 0.25) is 5.95 Å². The molecule has 1 aromatic carbocycles. The Hall–Kier alpha value is -2.17. The van der Waals surface area contributed by atoms with Gasteiger partial charge in [0, 0.05) is 11.6 Å². The number of anilines is 1. The van der Waals surface area contributed by atoms with Crippen LogP contribution in [-0.2, 0) is 9.53 Å². The number of nitrogens with one attached hydrogen (secondary N) is 1. The minimum Gasteiger partial charge on any atom is -0.465 e. The number of rotatable bonds is 4. The largest absolute Gasteiger partial charge is 0.465 e.